The largest absolute Gasteiger partial charge is 0.457 e. The third-order valence-electron chi connectivity index (χ3n) is 5.29. The van der Waals surface area contributed by atoms with Crippen LogP contribution in [0.3, 0.4) is 0 Å². The van der Waals surface area contributed by atoms with E-state index in [2.05, 4.69) is 9.88 Å². The van der Waals surface area contributed by atoms with Crippen molar-refractivity contribution >= 4 is 22.8 Å². The Morgan fingerprint density at radius 3 is 2.79 bits per heavy atom. The summed E-state index contributed by atoms with van der Waals surface area (Å²) in [7, 11) is 0. The van der Waals surface area contributed by atoms with E-state index in [0.29, 0.717) is 22.5 Å². The van der Waals surface area contributed by atoms with Crippen molar-refractivity contribution in [1.29, 1.82) is 0 Å². The van der Waals surface area contributed by atoms with Crippen LogP contribution in [0.5, 0.6) is 0 Å². The normalized spacial score (nSPS) is 13.9. The summed E-state index contributed by atoms with van der Waals surface area (Å²) in [4.78, 5) is 31.2. The van der Waals surface area contributed by atoms with Crippen molar-refractivity contribution in [3.8, 4) is 0 Å². The number of anilines is 1. The van der Waals surface area contributed by atoms with Crippen molar-refractivity contribution in [2.75, 3.05) is 18.0 Å². The Hall–Kier alpha value is -3.15. The molecule has 4 rings (SSSR count). The van der Waals surface area contributed by atoms with E-state index in [1.54, 1.807) is 18.3 Å². The summed E-state index contributed by atoms with van der Waals surface area (Å²) in [6, 6.07) is 8.71. The summed E-state index contributed by atoms with van der Waals surface area (Å²) in [5.74, 6) is 0.217. The van der Waals surface area contributed by atoms with Gasteiger partial charge in [-0.2, -0.15) is 0 Å². The van der Waals surface area contributed by atoms with Gasteiger partial charge in [-0.15, -0.1) is 0 Å². The molecule has 0 spiro atoms. The lowest BCUT2D eigenvalue weighted by molar-refractivity contribution is 0.0474. The van der Waals surface area contributed by atoms with E-state index in [9.17, 15) is 9.59 Å². The van der Waals surface area contributed by atoms with Crippen LogP contribution in [0.15, 0.2) is 45.7 Å². The zero-order valence-electron chi connectivity index (χ0n) is 16.0. The minimum absolute atomic E-state index is 0.00221. The first-order valence-electron chi connectivity index (χ1n) is 9.44. The van der Waals surface area contributed by atoms with Crippen LogP contribution in [-0.2, 0) is 11.3 Å². The number of hydrogen-bond acceptors (Lipinski definition) is 6. The Morgan fingerprint density at radius 2 is 2.00 bits per heavy atom. The molecule has 0 saturated carbocycles. The summed E-state index contributed by atoms with van der Waals surface area (Å²) >= 11 is 0. The molecule has 6 heteroatoms. The van der Waals surface area contributed by atoms with Crippen molar-refractivity contribution in [2.45, 2.75) is 33.3 Å². The smallest absolute Gasteiger partial charge is 0.342 e. The number of benzene rings is 1. The molecule has 0 N–H and O–H groups in total. The molecule has 3 aromatic rings. The topological polar surface area (TPSA) is 72.6 Å². The van der Waals surface area contributed by atoms with Crippen molar-refractivity contribution in [3.05, 3.63) is 69.2 Å². The van der Waals surface area contributed by atoms with Gasteiger partial charge in [-0.1, -0.05) is 12.1 Å². The molecule has 1 aromatic carbocycles. The lowest BCUT2D eigenvalue weighted by Crippen LogP contribution is -2.22. The minimum atomic E-state index is -0.452. The number of hydrogen-bond donors (Lipinski definition) is 0. The average Bonchev–Trinajstić information content (AvgIpc) is 3.24. The number of carbonyl (C=O) groups is 1. The number of rotatable bonds is 4. The van der Waals surface area contributed by atoms with Crippen LogP contribution in [-0.4, -0.2) is 24.0 Å². The van der Waals surface area contributed by atoms with Crippen LogP contribution in [0, 0.1) is 13.8 Å². The fourth-order valence-corrected chi connectivity index (χ4v) is 3.60. The molecule has 1 aliphatic rings. The second kappa shape index (κ2) is 7.46. The zero-order valence-corrected chi connectivity index (χ0v) is 16.0. The zero-order chi connectivity index (χ0) is 19.7. The van der Waals surface area contributed by atoms with Gasteiger partial charge in [0.15, 0.2) is 0 Å². The van der Waals surface area contributed by atoms with E-state index >= 15 is 0 Å². The maximum absolute atomic E-state index is 12.7. The molecule has 0 radical (unpaired) electrons. The lowest BCUT2D eigenvalue weighted by Gasteiger charge is -2.19. The fourth-order valence-electron chi connectivity index (χ4n) is 3.60. The molecule has 0 bridgehead atoms. The van der Waals surface area contributed by atoms with Crippen molar-refractivity contribution < 1.29 is 13.9 Å². The van der Waals surface area contributed by atoms with Gasteiger partial charge in [0.25, 0.3) is 0 Å². The molecular formula is C22H22N2O4. The first-order valence-corrected chi connectivity index (χ1v) is 9.44. The fraction of sp³-hybridized carbons (Fsp3) is 0.318. The van der Waals surface area contributed by atoms with Gasteiger partial charge in [-0.3, -0.25) is 0 Å². The number of aryl methyl sites for hydroxylation is 2. The van der Waals surface area contributed by atoms with Crippen molar-refractivity contribution in [3.63, 3.8) is 0 Å². The molecule has 0 unspecified atom stereocenters. The second-order valence-electron chi connectivity index (χ2n) is 7.12. The number of esters is 1. The van der Waals surface area contributed by atoms with E-state index in [-0.39, 0.29) is 6.61 Å². The van der Waals surface area contributed by atoms with Gasteiger partial charge in [0.1, 0.15) is 23.6 Å². The summed E-state index contributed by atoms with van der Waals surface area (Å²) in [5, 5.41) is 0.779. The lowest BCUT2D eigenvalue weighted by atomic mass is 10.0. The van der Waals surface area contributed by atoms with Crippen LogP contribution in [0.1, 0.15) is 39.9 Å². The van der Waals surface area contributed by atoms with Gasteiger partial charge < -0.3 is 14.1 Å². The van der Waals surface area contributed by atoms with E-state index in [1.807, 2.05) is 26.0 Å². The van der Waals surface area contributed by atoms with Crippen LogP contribution >= 0.6 is 0 Å². The first-order chi connectivity index (χ1) is 13.5. The van der Waals surface area contributed by atoms with Gasteiger partial charge in [0.05, 0.1) is 0 Å². The molecule has 1 aliphatic heterocycles. The molecule has 0 aliphatic carbocycles. The van der Waals surface area contributed by atoms with Crippen molar-refractivity contribution in [2.24, 2.45) is 0 Å². The van der Waals surface area contributed by atoms with Crippen LogP contribution in [0.2, 0.25) is 0 Å². The maximum atomic E-state index is 12.7. The maximum Gasteiger partial charge on any atom is 0.342 e. The van der Waals surface area contributed by atoms with Gasteiger partial charge in [-0.05, 0) is 49.9 Å². The predicted molar refractivity (Wildman–Crippen MR) is 107 cm³/mol. The number of aromatic nitrogens is 1. The predicted octanol–water partition coefficient (Wildman–Crippen LogP) is 3.76. The third-order valence-corrected chi connectivity index (χ3v) is 5.29. The Balaban J connectivity index is 1.61. The van der Waals surface area contributed by atoms with Crippen LogP contribution in [0.25, 0.3) is 11.0 Å². The number of pyridine rings is 1. The molecule has 0 amide bonds. The average molecular weight is 378 g/mol. The van der Waals surface area contributed by atoms with Gasteiger partial charge in [0.2, 0.25) is 0 Å². The van der Waals surface area contributed by atoms with Gasteiger partial charge in [0, 0.05) is 36.3 Å². The number of ether oxygens (including phenoxy) is 1. The summed E-state index contributed by atoms with van der Waals surface area (Å²) in [6.45, 7) is 5.65. The number of nitrogens with zero attached hydrogens (tertiary/aromatic N) is 2. The number of fused-ring (bicyclic) bond motifs is 1. The first kappa shape index (κ1) is 18.2. The highest BCUT2D eigenvalue weighted by molar-refractivity contribution is 5.95. The Bertz CT molecular complexity index is 1100. The Kier molecular flexibility index (Phi) is 4.86. The van der Waals surface area contributed by atoms with Crippen LogP contribution in [0.4, 0.5) is 5.82 Å². The minimum Gasteiger partial charge on any atom is -0.457 e. The highest BCUT2D eigenvalue weighted by Crippen LogP contribution is 2.25. The van der Waals surface area contributed by atoms with E-state index in [4.69, 9.17) is 9.15 Å². The summed E-state index contributed by atoms with van der Waals surface area (Å²) in [5.41, 5.74) is 3.11. The van der Waals surface area contributed by atoms with Gasteiger partial charge >= 0.3 is 11.6 Å². The molecule has 6 nitrogen and oxygen atoms in total. The molecule has 28 heavy (non-hydrogen) atoms. The highest BCUT2D eigenvalue weighted by atomic mass is 16.5. The van der Waals surface area contributed by atoms with E-state index in [1.165, 1.54) is 6.07 Å². The molecule has 2 aromatic heterocycles. The standard InChI is InChI=1S/C22H22N2O4/c1-14-7-8-17-16(12-19(25)28-20(17)15(14)2)13-27-22(26)18-6-5-9-23-21(18)24-10-3-4-11-24/h5-9,12H,3-4,10-11,13H2,1-2H3. The third kappa shape index (κ3) is 3.38. The molecule has 1 saturated heterocycles. The summed E-state index contributed by atoms with van der Waals surface area (Å²) in [6.07, 6.45) is 3.87. The Morgan fingerprint density at radius 1 is 1.21 bits per heavy atom. The quantitative estimate of drug-likeness (QED) is 0.508. The molecular weight excluding hydrogens is 356 g/mol. The monoisotopic (exact) mass is 378 g/mol. The summed E-state index contributed by atoms with van der Waals surface area (Å²) < 4.78 is 10.9. The Labute approximate surface area is 162 Å². The van der Waals surface area contributed by atoms with E-state index < -0.39 is 11.6 Å². The van der Waals surface area contributed by atoms with E-state index in [0.717, 1.165) is 42.4 Å². The van der Waals surface area contributed by atoms with Crippen LogP contribution < -0.4 is 10.5 Å². The molecule has 1 fully saturated rings. The highest BCUT2D eigenvalue weighted by Gasteiger charge is 2.22. The molecule has 144 valence electrons. The second-order valence-corrected chi connectivity index (χ2v) is 7.12. The SMILES string of the molecule is Cc1ccc2c(COC(=O)c3cccnc3N3CCCC3)cc(=O)oc2c1C. The molecule has 3 heterocycles. The molecule has 0 atom stereocenters. The van der Waals surface area contributed by atoms with Gasteiger partial charge in [-0.25, -0.2) is 14.6 Å². The number of carbonyl (C=O) groups excluding carboxylic acids is 1. The van der Waals surface area contributed by atoms with Crippen molar-refractivity contribution in [1.82, 2.24) is 4.98 Å².